The highest BCUT2D eigenvalue weighted by Gasteiger charge is 2.27. The van der Waals surface area contributed by atoms with E-state index in [1.807, 2.05) is 6.92 Å². The molecule has 0 radical (unpaired) electrons. The summed E-state index contributed by atoms with van der Waals surface area (Å²) in [5.41, 5.74) is -1.29. The molecule has 14 heteroatoms. The molecule has 0 unspecified atom stereocenters. The van der Waals surface area contributed by atoms with Gasteiger partial charge in [-0.15, -0.1) is 11.3 Å². The Morgan fingerprint density at radius 2 is 1.75 bits per heavy atom. The third kappa shape index (κ3) is 5.29. The maximum absolute atomic E-state index is 13.7. The van der Waals surface area contributed by atoms with Crippen molar-refractivity contribution in [2.75, 3.05) is 32.8 Å². The number of esters is 1. The van der Waals surface area contributed by atoms with E-state index in [1.165, 1.54) is 25.7 Å². The SMILES string of the molecule is CCOC(=O)c1nn(-c2ccc(OCC)cc2)c(=O)c2c(NC(=O)c3cc(OC)c(OC)cc3[N+](=O)[O-])scc12. The molecule has 4 rings (SSSR count). The molecule has 0 saturated heterocycles. The van der Waals surface area contributed by atoms with Crippen molar-refractivity contribution in [3.8, 4) is 22.9 Å². The molecule has 0 bridgehead atoms. The Morgan fingerprint density at radius 1 is 1.07 bits per heavy atom. The van der Waals surface area contributed by atoms with E-state index in [9.17, 15) is 24.5 Å². The molecule has 0 aliphatic heterocycles. The van der Waals surface area contributed by atoms with Gasteiger partial charge in [0.2, 0.25) is 0 Å². The number of thiophene rings is 1. The molecule has 208 valence electrons. The number of amides is 1. The number of hydrogen-bond donors (Lipinski definition) is 1. The number of fused-ring (bicyclic) bond motifs is 1. The summed E-state index contributed by atoms with van der Waals surface area (Å²) in [6.45, 7) is 3.99. The van der Waals surface area contributed by atoms with Crippen molar-refractivity contribution in [3.63, 3.8) is 0 Å². The third-order valence-electron chi connectivity index (χ3n) is 5.68. The fraction of sp³-hybridized carbons (Fsp3) is 0.231. The van der Waals surface area contributed by atoms with Crippen LogP contribution in [0.5, 0.6) is 17.2 Å². The van der Waals surface area contributed by atoms with Crippen LogP contribution in [-0.2, 0) is 4.74 Å². The van der Waals surface area contributed by atoms with Crippen molar-refractivity contribution in [2.24, 2.45) is 0 Å². The molecule has 40 heavy (non-hydrogen) atoms. The van der Waals surface area contributed by atoms with Gasteiger partial charge in [-0.1, -0.05) is 0 Å². The fourth-order valence-electron chi connectivity index (χ4n) is 3.89. The van der Waals surface area contributed by atoms with E-state index in [2.05, 4.69) is 10.4 Å². The quantitative estimate of drug-likeness (QED) is 0.167. The lowest BCUT2D eigenvalue weighted by atomic mass is 10.1. The number of hydrogen-bond acceptors (Lipinski definition) is 11. The number of aromatic nitrogens is 2. The number of nitro benzene ring substituents is 1. The van der Waals surface area contributed by atoms with E-state index in [-0.39, 0.29) is 45.1 Å². The number of nitrogens with zero attached hydrogens (tertiary/aromatic N) is 3. The molecular weight excluding hydrogens is 544 g/mol. The first-order chi connectivity index (χ1) is 19.2. The van der Waals surface area contributed by atoms with Gasteiger partial charge in [0.1, 0.15) is 16.3 Å². The molecule has 2 aromatic carbocycles. The number of rotatable bonds is 10. The summed E-state index contributed by atoms with van der Waals surface area (Å²) in [6.07, 6.45) is 0. The Bertz CT molecular complexity index is 1660. The zero-order valence-corrected chi connectivity index (χ0v) is 22.7. The van der Waals surface area contributed by atoms with Crippen LogP contribution in [0.3, 0.4) is 0 Å². The van der Waals surface area contributed by atoms with Gasteiger partial charge in [0, 0.05) is 16.8 Å². The van der Waals surface area contributed by atoms with Crippen LogP contribution in [0.1, 0.15) is 34.7 Å². The Kier molecular flexibility index (Phi) is 8.29. The predicted molar refractivity (Wildman–Crippen MR) is 146 cm³/mol. The lowest BCUT2D eigenvalue weighted by Crippen LogP contribution is -2.25. The maximum atomic E-state index is 13.7. The van der Waals surface area contributed by atoms with Crippen molar-refractivity contribution in [1.82, 2.24) is 9.78 Å². The summed E-state index contributed by atoms with van der Waals surface area (Å²) in [5, 5.41) is 20.2. The molecule has 0 saturated carbocycles. The molecule has 0 aliphatic carbocycles. The smallest absolute Gasteiger partial charge is 0.359 e. The van der Waals surface area contributed by atoms with E-state index in [0.29, 0.717) is 18.0 Å². The number of carbonyl (C=O) groups excluding carboxylic acids is 2. The second-order valence-corrected chi connectivity index (χ2v) is 8.88. The zero-order chi connectivity index (χ0) is 29.0. The first kappa shape index (κ1) is 28.0. The zero-order valence-electron chi connectivity index (χ0n) is 21.9. The van der Waals surface area contributed by atoms with Crippen LogP contribution in [0.25, 0.3) is 16.5 Å². The predicted octanol–water partition coefficient (Wildman–Crippen LogP) is 4.20. The van der Waals surface area contributed by atoms with Gasteiger partial charge >= 0.3 is 5.97 Å². The Balaban J connectivity index is 1.86. The van der Waals surface area contributed by atoms with E-state index in [0.717, 1.165) is 22.1 Å². The number of carbonyl (C=O) groups is 2. The lowest BCUT2D eigenvalue weighted by molar-refractivity contribution is -0.385. The summed E-state index contributed by atoms with van der Waals surface area (Å²) in [6, 6.07) is 8.73. The average molecular weight is 569 g/mol. The highest BCUT2D eigenvalue weighted by atomic mass is 32.1. The van der Waals surface area contributed by atoms with Crippen molar-refractivity contribution in [1.29, 1.82) is 0 Å². The summed E-state index contributed by atoms with van der Waals surface area (Å²) >= 11 is 0.956. The van der Waals surface area contributed by atoms with Gasteiger partial charge in [-0.05, 0) is 38.1 Å². The second-order valence-electron chi connectivity index (χ2n) is 8.00. The Hall–Kier alpha value is -4.98. The summed E-state index contributed by atoms with van der Waals surface area (Å²) in [5.74, 6) is -0.904. The second kappa shape index (κ2) is 11.8. The molecule has 2 heterocycles. The molecule has 0 fully saturated rings. The molecule has 0 atom stereocenters. The van der Waals surface area contributed by atoms with E-state index in [1.54, 1.807) is 31.2 Å². The van der Waals surface area contributed by atoms with Gasteiger partial charge < -0.3 is 24.3 Å². The van der Waals surface area contributed by atoms with Gasteiger partial charge in [0.05, 0.1) is 49.5 Å². The van der Waals surface area contributed by atoms with Crippen LogP contribution >= 0.6 is 11.3 Å². The number of nitro groups is 1. The van der Waals surface area contributed by atoms with Crippen LogP contribution in [0, 0.1) is 10.1 Å². The number of methoxy groups -OCH3 is 2. The number of ether oxygens (including phenoxy) is 4. The van der Waals surface area contributed by atoms with Crippen molar-refractivity contribution in [3.05, 3.63) is 73.5 Å². The summed E-state index contributed by atoms with van der Waals surface area (Å²) in [7, 11) is 2.63. The molecule has 4 aromatic rings. The minimum Gasteiger partial charge on any atom is -0.494 e. The van der Waals surface area contributed by atoms with Crippen LogP contribution in [-0.4, -0.2) is 54.0 Å². The number of nitrogens with one attached hydrogen (secondary N) is 1. The minimum absolute atomic E-state index is 0.0200. The highest BCUT2D eigenvalue weighted by Crippen LogP contribution is 2.36. The third-order valence-corrected chi connectivity index (χ3v) is 6.58. The van der Waals surface area contributed by atoms with Crippen molar-refractivity contribution >= 4 is 44.7 Å². The number of benzene rings is 2. The molecule has 0 spiro atoms. The maximum Gasteiger partial charge on any atom is 0.359 e. The first-order valence-electron chi connectivity index (χ1n) is 11.9. The summed E-state index contributed by atoms with van der Waals surface area (Å²) in [4.78, 5) is 50.7. The molecule has 0 aliphatic rings. The lowest BCUT2D eigenvalue weighted by Gasteiger charge is -2.12. The van der Waals surface area contributed by atoms with Crippen LogP contribution < -0.4 is 25.1 Å². The van der Waals surface area contributed by atoms with Crippen LogP contribution in [0.15, 0.2) is 46.6 Å². The van der Waals surface area contributed by atoms with Gasteiger partial charge in [-0.3, -0.25) is 19.7 Å². The molecule has 2 aromatic heterocycles. The van der Waals surface area contributed by atoms with E-state index in [4.69, 9.17) is 18.9 Å². The van der Waals surface area contributed by atoms with Crippen LogP contribution in [0.2, 0.25) is 0 Å². The Morgan fingerprint density at radius 3 is 2.35 bits per heavy atom. The van der Waals surface area contributed by atoms with Gasteiger partial charge in [-0.25, -0.2) is 4.79 Å². The van der Waals surface area contributed by atoms with E-state index >= 15 is 0 Å². The summed E-state index contributed by atoms with van der Waals surface area (Å²) < 4.78 is 21.9. The van der Waals surface area contributed by atoms with Gasteiger partial charge in [0.15, 0.2) is 17.2 Å². The average Bonchev–Trinajstić information content (AvgIpc) is 3.37. The highest BCUT2D eigenvalue weighted by molar-refractivity contribution is 7.16. The largest absolute Gasteiger partial charge is 0.494 e. The fourth-order valence-corrected chi connectivity index (χ4v) is 4.82. The van der Waals surface area contributed by atoms with Crippen molar-refractivity contribution in [2.45, 2.75) is 13.8 Å². The molecule has 13 nitrogen and oxygen atoms in total. The standard InChI is InChI=1S/C26H24N4O9S/c1-5-38-15-9-7-14(8-10-15)29-25(32)21-17(22(28-29)26(33)39-6-2)13-40-24(21)27-23(31)16-11-19(36-3)20(37-4)12-18(16)30(34)35/h7-13H,5-6H2,1-4H3,(H,27,31). The topological polar surface area (TPSA) is 161 Å². The van der Waals surface area contributed by atoms with E-state index < -0.39 is 28.0 Å². The van der Waals surface area contributed by atoms with Gasteiger partial charge in [0.25, 0.3) is 17.2 Å². The first-order valence-corrected chi connectivity index (χ1v) is 12.8. The minimum atomic E-state index is -0.877. The molecular formula is C26H24N4O9S. The normalized spacial score (nSPS) is 10.7. The van der Waals surface area contributed by atoms with Gasteiger partial charge in [-0.2, -0.15) is 9.78 Å². The van der Waals surface area contributed by atoms with Crippen LogP contribution in [0.4, 0.5) is 10.7 Å². The molecule has 1 N–H and O–H groups in total. The monoisotopic (exact) mass is 568 g/mol. The molecule has 1 amide bonds. The van der Waals surface area contributed by atoms with Crippen molar-refractivity contribution < 1.29 is 33.5 Å². The Labute approximate surface area is 231 Å². The number of anilines is 1.